The van der Waals surface area contributed by atoms with Crippen LogP contribution in [0.2, 0.25) is 0 Å². The molecule has 0 aliphatic rings. The topological polar surface area (TPSA) is 59.4 Å². The van der Waals surface area contributed by atoms with Crippen molar-refractivity contribution < 1.29 is 32.2 Å². The molecule has 8 heteroatoms. The normalized spacial score (nSPS) is 11.2. The molecule has 0 aliphatic heterocycles. The van der Waals surface area contributed by atoms with Crippen LogP contribution in [0, 0.1) is 5.82 Å². The summed E-state index contributed by atoms with van der Waals surface area (Å²) in [6.07, 6.45) is -4.77. The molecule has 110 valence electrons. The van der Waals surface area contributed by atoms with Crippen molar-refractivity contribution >= 4 is 5.97 Å². The van der Waals surface area contributed by atoms with Crippen molar-refractivity contribution in [1.82, 2.24) is 4.98 Å². The maximum atomic E-state index is 13.4. The molecule has 4 nitrogen and oxygen atoms in total. The fourth-order valence-corrected chi connectivity index (χ4v) is 1.47. The van der Waals surface area contributed by atoms with Crippen molar-refractivity contribution in [1.29, 1.82) is 0 Å². The molecule has 0 amide bonds. The molecule has 1 heterocycles. The van der Waals surface area contributed by atoms with Gasteiger partial charge in [0.25, 0.3) is 0 Å². The van der Waals surface area contributed by atoms with Gasteiger partial charge in [0, 0.05) is 0 Å². The van der Waals surface area contributed by atoms with E-state index < -0.39 is 40.8 Å². The lowest BCUT2D eigenvalue weighted by Gasteiger charge is -2.11. The standard InChI is InChI=1S/C13H7F4NO3/c14-8-3-1-2-4-9(8)21-11-7(12(19)20)5-6-10(18-11)13(15,16)17/h1-6H,(H,19,20). The van der Waals surface area contributed by atoms with Crippen LogP contribution in [0.1, 0.15) is 16.1 Å². The van der Waals surface area contributed by atoms with E-state index in [0.717, 1.165) is 12.1 Å². The van der Waals surface area contributed by atoms with Gasteiger partial charge < -0.3 is 9.84 Å². The quantitative estimate of drug-likeness (QED) is 0.878. The van der Waals surface area contributed by atoms with E-state index in [1.807, 2.05) is 0 Å². The summed E-state index contributed by atoms with van der Waals surface area (Å²) in [7, 11) is 0. The lowest BCUT2D eigenvalue weighted by molar-refractivity contribution is -0.141. The molecule has 0 unspecified atom stereocenters. The molecule has 21 heavy (non-hydrogen) atoms. The van der Waals surface area contributed by atoms with Gasteiger partial charge in [-0.15, -0.1) is 0 Å². The summed E-state index contributed by atoms with van der Waals surface area (Å²) in [5.74, 6) is -3.65. The van der Waals surface area contributed by atoms with Gasteiger partial charge >= 0.3 is 12.1 Å². The summed E-state index contributed by atoms with van der Waals surface area (Å²) >= 11 is 0. The molecule has 1 N–H and O–H groups in total. The largest absolute Gasteiger partial charge is 0.477 e. The average molecular weight is 301 g/mol. The van der Waals surface area contributed by atoms with Crippen LogP contribution in [0.3, 0.4) is 0 Å². The zero-order chi connectivity index (χ0) is 15.6. The summed E-state index contributed by atoms with van der Waals surface area (Å²) in [6.45, 7) is 0. The Hall–Kier alpha value is -2.64. The molecular weight excluding hydrogens is 294 g/mol. The third-order valence-corrected chi connectivity index (χ3v) is 2.42. The minimum atomic E-state index is -4.77. The summed E-state index contributed by atoms with van der Waals surface area (Å²) in [5, 5.41) is 8.91. The van der Waals surface area contributed by atoms with E-state index in [0.29, 0.717) is 12.1 Å². The first-order chi connectivity index (χ1) is 9.79. The Morgan fingerprint density at radius 2 is 1.81 bits per heavy atom. The highest BCUT2D eigenvalue weighted by Gasteiger charge is 2.34. The van der Waals surface area contributed by atoms with Gasteiger partial charge in [-0.05, 0) is 24.3 Å². The van der Waals surface area contributed by atoms with Crippen molar-refractivity contribution in [2.75, 3.05) is 0 Å². The second-order valence-electron chi connectivity index (χ2n) is 3.88. The number of aromatic carboxylic acids is 1. The lowest BCUT2D eigenvalue weighted by Crippen LogP contribution is -2.11. The first kappa shape index (κ1) is 14.8. The maximum Gasteiger partial charge on any atom is 0.433 e. The van der Waals surface area contributed by atoms with Crippen LogP contribution in [0.5, 0.6) is 11.6 Å². The van der Waals surface area contributed by atoms with Gasteiger partial charge in [0.15, 0.2) is 11.6 Å². The predicted molar refractivity (Wildman–Crippen MR) is 62.7 cm³/mol. The Labute approximate surface area is 115 Å². The fraction of sp³-hybridized carbons (Fsp3) is 0.0769. The van der Waals surface area contributed by atoms with E-state index in [1.54, 1.807) is 0 Å². The molecule has 2 aromatic rings. The fourth-order valence-electron chi connectivity index (χ4n) is 1.47. The van der Waals surface area contributed by atoms with Gasteiger partial charge in [-0.3, -0.25) is 0 Å². The second-order valence-corrected chi connectivity index (χ2v) is 3.88. The summed E-state index contributed by atoms with van der Waals surface area (Å²) in [6, 6.07) is 6.10. The Balaban J connectivity index is 2.49. The SMILES string of the molecule is O=C(O)c1ccc(C(F)(F)F)nc1Oc1ccccc1F. The first-order valence-electron chi connectivity index (χ1n) is 5.53. The Morgan fingerprint density at radius 1 is 1.14 bits per heavy atom. The molecule has 2 rings (SSSR count). The van der Waals surface area contributed by atoms with Gasteiger partial charge in [0.2, 0.25) is 5.88 Å². The van der Waals surface area contributed by atoms with Crippen LogP contribution in [0.15, 0.2) is 36.4 Å². The van der Waals surface area contributed by atoms with Crippen molar-refractivity contribution in [2.24, 2.45) is 0 Å². The number of pyridine rings is 1. The van der Waals surface area contributed by atoms with Crippen molar-refractivity contribution in [3.8, 4) is 11.6 Å². The number of hydrogen-bond donors (Lipinski definition) is 1. The van der Waals surface area contributed by atoms with E-state index in [4.69, 9.17) is 9.84 Å². The number of para-hydroxylation sites is 1. The third-order valence-electron chi connectivity index (χ3n) is 2.42. The lowest BCUT2D eigenvalue weighted by atomic mass is 10.2. The van der Waals surface area contributed by atoms with E-state index in [2.05, 4.69) is 4.98 Å². The predicted octanol–water partition coefficient (Wildman–Crippen LogP) is 3.73. The molecule has 1 aromatic carbocycles. The molecule has 0 saturated carbocycles. The number of hydrogen-bond acceptors (Lipinski definition) is 3. The number of alkyl halides is 3. The molecular formula is C13H7F4NO3. The number of nitrogens with zero attached hydrogens (tertiary/aromatic N) is 1. The monoisotopic (exact) mass is 301 g/mol. The number of benzene rings is 1. The number of ether oxygens (including phenoxy) is 1. The minimum absolute atomic E-state index is 0.424. The molecule has 0 bridgehead atoms. The molecule has 0 fully saturated rings. The van der Waals surface area contributed by atoms with Crippen LogP contribution >= 0.6 is 0 Å². The maximum absolute atomic E-state index is 13.4. The number of carboxylic acids is 1. The minimum Gasteiger partial charge on any atom is -0.477 e. The summed E-state index contributed by atoms with van der Waals surface area (Å²) in [4.78, 5) is 14.1. The van der Waals surface area contributed by atoms with Gasteiger partial charge in [-0.1, -0.05) is 12.1 Å². The van der Waals surface area contributed by atoms with Gasteiger partial charge in [0.1, 0.15) is 11.3 Å². The van der Waals surface area contributed by atoms with E-state index in [1.165, 1.54) is 12.1 Å². The highest BCUT2D eigenvalue weighted by atomic mass is 19.4. The van der Waals surface area contributed by atoms with Crippen LogP contribution in [-0.4, -0.2) is 16.1 Å². The number of carbonyl (C=O) groups is 1. The van der Waals surface area contributed by atoms with Crippen molar-refractivity contribution in [3.05, 3.63) is 53.5 Å². The van der Waals surface area contributed by atoms with Gasteiger partial charge in [-0.25, -0.2) is 14.2 Å². The highest BCUT2D eigenvalue weighted by molar-refractivity contribution is 5.90. The summed E-state index contributed by atoms with van der Waals surface area (Å²) < 4.78 is 56.0. The van der Waals surface area contributed by atoms with Crippen LogP contribution in [-0.2, 0) is 6.18 Å². The van der Waals surface area contributed by atoms with Crippen LogP contribution in [0.25, 0.3) is 0 Å². The number of halogens is 4. The molecule has 1 aromatic heterocycles. The van der Waals surface area contributed by atoms with E-state index in [-0.39, 0.29) is 0 Å². The van der Waals surface area contributed by atoms with E-state index in [9.17, 15) is 22.4 Å². The molecule has 0 aliphatic carbocycles. The molecule has 0 atom stereocenters. The zero-order valence-electron chi connectivity index (χ0n) is 10.2. The number of rotatable bonds is 3. The molecule has 0 saturated heterocycles. The van der Waals surface area contributed by atoms with Gasteiger partial charge in [-0.2, -0.15) is 13.2 Å². The third kappa shape index (κ3) is 3.28. The van der Waals surface area contributed by atoms with Crippen LogP contribution < -0.4 is 4.74 Å². The Bertz CT molecular complexity index is 685. The van der Waals surface area contributed by atoms with Gasteiger partial charge in [0.05, 0.1) is 0 Å². The Morgan fingerprint density at radius 3 is 2.38 bits per heavy atom. The molecule has 0 spiro atoms. The number of aromatic nitrogens is 1. The zero-order valence-corrected chi connectivity index (χ0v) is 10.2. The second kappa shape index (κ2) is 5.39. The Kier molecular flexibility index (Phi) is 3.79. The van der Waals surface area contributed by atoms with E-state index >= 15 is 0 Å². The average Bonchev–Trinajstić information content (AvgIpc) is 2.40. The van der Waals surface area contributed by atoms with Crippen LogP contribution in [0.4, 0.5) is 17.6 Å². The first-order valence-corrected chi connectivity index (χ1v) is 5.53. The van der Waals surface area contributed by atoms with Crippen molar-refractivity contribution in [3.63, 3.8) is 0 Å². The van der Waals surface area contributed by atoms with Crippen molar-refractivity contribution in [2.45, 2.75) is 6.18 Å². The molecule has 0 radical (unpaired) electrons. The highest BCUT2D eigenvalue weighted by Crippen LogP contribution is 2.32. The smallest absolute Gasteiger partial charge is 0.433 e. The number of carboxylic acid groups (broad SMARTS) is 1. The summed E-state index contributed by atoms with van der Waals surface area (Å²) in [5.41, 5.74) is -1.94.